The quantitative estimate of drug-likeness (QED) is 0.217. The molecular weight excluding hydrogens is 456 g/mol. The number of carbonyl (C=O) groups is 1. The van der Waals surface area contributed by atoms with Crippen molar-refractivity contribution < 1.29 is 24.9 Å². The lowest BCUT2D eigenvalue weighted by molar-refractivity contribution is -0.114. The van der Waals surface area contributed by atoms with E-state index < -0.39 is 6.10 Å². The molecule has 3 rings (SSSR count). The number of unbranched alkanes of at least 4 members (excludes halogenated alkanes) is 1. The maximum absolute atomic E-state index is 11.2. The van der Waals surface area contributed by atoms with Gasteiger partial charge >= 0.3 is 0 Å². The average molecular weight is 493 g/mol. The summed E-state index contributed by atoms with van der Waals surface area (Å²) in [6, 6.07) is 20.8. The number of aromatic hydroxyl groups is 1. The van der Waals surface area contributed by atoms with Crippen LogP contribution in [0.1, 0.15) is 48.1 Å². The number of rotatable bonds is 14. The Morgan fingerprint density at radius 2 is 1.78 bits per heavy atom. The van der Waals surface area contributed by atoms with Crippen molar-refractivity contribution in [3.05, 3.63) is 89.0 Å². The van der Waals surface area contributed by atoms with Crippen LogP contribution >= 0.6 is 0 Å². The lowest BCUT2D eigenvalue weighted by Gasteiger charge is -2.14. The van der Waals surface area contributed by atoms with Crippen LogP contribution in [0, 0.1) is 0 Å². The molecule has 0 saturated carbocycles. The second-order valence-electron chi connectivity index (χ2n) is 8.85. The van der Waals surface area contributed by atoms with E-state index in [1.165, 1.54) is 24.1 Å². The molecule has 3 aromatic carbocycles. The monoisotopic (exact) mass is 492 g/mol. The zero-order valence-electron chi connectivity index (χ0n) is 20.7. The Morgan fingerprint density at radius 3 is 2.53 bits per heavy atom. The van der Waals surface area contributed by atoms with Crippen molar-refractivity contribution in [3.8, 4) is 11.5 Å². The van der Waals surface area contributed by atoms with Gasteiger partial charge in [-0.1, -0.05) is 30.3 Å². The molecule has 1 amide bonds. The number of anilines is 1. The van der Waals surface area contributed by atoms with Gasteiger partial charge in [0.25, 0.3) is 0 Å². The Kier molecular flexibility index (Phi) is 10.8. The smallest absolute Gasteiger partial charge is 0.221 e. The summed E-state index contributed by atoms with van der Waals surface area (Å²) in [5.74, 6) is 0.811. The summed E-state index contributed by atoms with van der Waals surface area (Å²) in [5.41, 5.74) is 4.27. The van der Waals surface area contributed by atoms with Gasteiger partial charge in [0, 0.05) is 24.7 Å². The first-order chi connectivity index (χ1) is 17.4. The summed E-state index contributed by atoms with van der Waals surface area (Å²) >= 11 is 0. The van der Waals surface area contributed by atoms with Gasteiger partial charge < -0.3 is 30.7 Å². The van der Waals surface area contributed by atoms with Crippen molar-refractivity contribution in [3.63, 3.8) is 0 Å². The molecule has 1 atom stereocenters. The summed E-state index contributed by atoms with van der Waals surface area (Å²) in [4.78, 5) is 11.2. The molecule has 3 aromatic rings. The molecule has 0 aromatic heterocycles. The van der Waals surface area contributed by atoms with Crippen LogP contribution in [-0.4, -0.2) is 40.9 Å². The van der Waals surface area contributed by atoms with Gasteiger partial charge in [-0.15, -0.1) is 0 Å². The number of hydrogen-bond acceptors (Lipinski definition) is 6. The molecule has 7 heteroatoms. The van der Waals surface area contributed by atoms with E-state index in [-0.39, 0.29) is 18.3 Å². The summed E-state index contributed by atoms with van der Waals surface area (Å²) in [5, 5.41) is 35.3. The molecule has 192 valence electrons. The maximum atomic E-state index is 11.2. The molecule has 0 unspecified atom stereocenters. The van der Waals surface area contributed by atoms with Gasteiger partial charge in [0.1, 0.15) is 11.5 Å². The van der Waals surface area contributed by atoms with Crippen molar-refractivity contribution in [2.75, 3.05) is 25.0 Å². The molecule has 0 spiro atoms. The van der Waals surface area contributed by atoms with Crippen LogP contribution in [0.5, 0.6) is 11.5 Å². The molecule has 7 nitrogen and oxygen atoms in total. The number of nitrogens with one attached hydrogen (secondary N) is 2. The fourth-order valence-electron chi connectivity index (χ4n) is 3.91. The van der Waals surface area contributed by atoms with Crippen molar-refractivity contribution in [1.82, 2.24) is 5.32 Å². The van der Waals surface area contributed by atoms with Crippen LogP contribution in [0.2, 0.25) is 0 Å². The highest BCUT2D eigenvalue weighted by atomic mass is 16.5. The van der Waals surface area contributed by atoms with E-state index >= 15 is 0 Å². The van der Waals surface area contributed by atoms with E-state index in [0.717, 1.165) is 37.1 Å². The van der Waals surface area contributed by atoms with Crippen LogP contribution in [0.25, 0.3) is 0 Å². The number of aliphatic hydroxyl groups is 2. The highest BCUT2D eigenvalue weighted by Crippen LogP contribution is 2.22. The van der Waals surface area contributed by atoms with Crippen molar-refractivity contribution in [2.45, 2.75) is 45.3 Å². The number of hydrogen-bond donors (Lipinski definition) is 5. The average Bonchev–Trinajstić information content (AvgIpc) is 2.87. The molecule has 0 saturated heterocycles. The predicted molar refractivity (Wildman–Crippen MR) is 141 cm³/mol. The largest absolute Gasteiger partial charge is 0.508 e. The number of benzene rings is 3. The van der Waals surface area contributed by atoms with E-state index in [9.17, 15) is 20.1 Å². The van der Waals surface area contributed by atoms with Gasteiger partial charge in [-0.3, -0.25) is 4.79 Å². The normalized spacial score (nSPS) is 11.8. The van der Waals surface area contributed by atoms with Gasteiger partial charge in [-0.2, -0.15) is 0 Å². The first kappa shape index (κ1) is 27.2. The molecule has 0 heterocycles. The number of carbonyl (C=O) groups excluding carboxylic acids is 1. The second-order valence-corrected chi connectivity index (χ2v) is 8.85. The Morgan fingerprint density at radius 1 is 0.972 bits per heavy atom. The summed E-state index contributed by atoms with van der Waals surface area (Å²) in [6.07, 6.45) is 2.99. The molecule has 0 aliphatic heterocycles. The Hall–Kier alpha value is -3.39. The molecule has 0 bridgehead atoms. The Balaban J connectivity index is 1.31. The first-order valence-electron chi connectivity index (χ1n) is 12.3. The lowest BCUT2D eigenvalue weighted by Crippen LogP contribution is -2.23. The Labute approximate surface area is 212 Å². The first-order valence-corrected chi connectivity index (χ1v) is 12.3. The molecule has 0 fully saturated rings. The molecule has 36 heavy (non-hydrogen) atoms. The highest BCUT2D eigenvalue weighted by molar-refractivity contribution is 5.88. The van der Waals surface area contributed by atoms with E-state index in [1.54, 1.807) is 12.1 Å². The topological polar surface area (TPSA) is 111 Å². The number of phenols is 1. The van der Waals surface area contributed by atoms with Crippen LogP contribution < -0.4 is 15.4 Å². The summed E-state index contributed by atoms with van der Waals surface area (Å²) < 4.78 is 5.87. The third kappa shape index (κ3) is 9.00. The predicted octanol–water partition coefficient (Wildman–Crippen LogP) is 4.11. The van der Waals surface area contributed by atoms with Gasteiger partial charge in [0.15, 0.2) is 0 Å². The molecular formula is C29H36N2O5. The van der Waals surface area contributed by atoms with E-state index in [0.29, 0.717) is 30.8 Å². The molecule has 0 aliphatic rings. The SMILES string of the molecule is CC(=O)Nc1cccc(CCCCOc2ccc(CCNC[C@@H](O)c3ccc(O)c(CO)c3)cc2)c1. The summed E-state index contributed by atoms with van der Waals surface area (Å²) in [6.45, 7) is 2.99. The number of aryl methyl sites for hydroxylation is 1. The van der Waals surface area contributed by atoms with E-state index in [1.807, 2.05) is 30.3 Å². The van der Waals surface area contributed by atoms with Gasteiger partial charge in [0.05, 0.1) is 19.3 Å². The van der Waals surface area contributed by atoms with Gasteiger partial charge in [0.2, 0.25) is 5.91 Å². The minimum absolute atomic E-state index is 0.0272. The minimum atomic E-state index is -0.715. The Bertz CT molecular complexity index is 1100. The van der Waals surface area contributed by atoms with Gasteiger partial charge in [-0.25, -0.2) is 0 Å². The zero-order valence-corrected chi connectivity index (χ0v) is 20.7. The van der Waals surface area contributed by atoms with Crippen LogP contribution in [0.4, 0.5) is 5.69 Å². The standard InChI is InChI=1S/C29H36N2O5/c1-21(33)31-26-7-4-6-23(17-26)5-2-3-16-36-27-11-8-22(9-12-27)14-15-30-19-29(35)24-10-13-28(34)25(18-24)20-32/h4,6-13,17-18,29-30,32,34-35H,2-3,5,14-16,19-20H2,1H3,(H,31,33)/t29-/m1/s1. The zero-order chi connectivity index (χ0) is 25.8. The highest BCUT2D eigenvalue weighted by Gasteiger charge is 2.10. The van der Waals surface area contributed by atoms with E-state index in [4.69, 9.17) is 4.74 Å². The fourth-order valence-corrected chi connectivity index (χ4v) is 3.91. The maximum Gasteiger partial charge on any atom is 0.221 e. The van der Waals surface area contributed by atoms with Crippen LogP contribution in [-0.2, 0) is 24.2 Å². The summed E-state index contributed by atoms with van der Waals surface area (Å²) in [7, 11) is 0. The number of ether oxygens (including phenoxy) is 1. The minimum Gasteiger partial charge on any atom is -0.508 e. The molecule has 0 aliphatic carbocycles. The number of aliphatic hydroxyl groups excluding tert-OH is 2. The van der Waals surface area contributed by atoms with Crippen molar-refractivity contribution in [1.29, 1.82) is 0 Å². The fraction of sp³-hybridized carbons (Fsp3) is 0.345. The van der Waals surface area contributed by atoms with Crippen molar-refractivity contribution >= 4 is 11.6 Å². The number of amides is 1. The molecule has 5 N–H and O–H groups in total. The third-order valence-electron chi connectivity index (χ3n) is 5.89. The second kappa shape index (κ2) is 14.2. The molecule has 0 radical (unpaired) electrons. The van der Waals surface area contributed by atoms with Crippen molar-refractivity contribution in [2.24, 2.45) is 0 Å². The third-order valence-corrected chi connectivity index (χ3v) is 5.89. The van der Waals surface area contributed by atoms with Crippen LogP contribution in [0.3, 0.4) is 0 Å². The lowest BCUT2D eigenvalue weighted by atomic mass is 10.1. The van der Waals surface area contributed by atoms with E-state index in [2.05, 4.69) is 28.8 Å². The van der Waals surface area contributed by atoms with Crippen LogP contribution in [0.15, 0.2) is 66.7 Å². The van der Waals surface area contributed by atoms with Gasteiger partial charge in [-0.05, 0) is 85.3 Å².